The lowest BCUT2D eigenvalue weighted by molar-refractivity contribution is -0.219. The van der Waals surface area contributed by atoms with E-state index in [0.29, 0.717) is 0 Å². The Labute approximate surface area is 192 Å². The van der Waals surface area contributed by atoms with Gasteiger partial charge in [-0.3, -0.25) is 4.79 Å². The minimum atomic E-state index is -1.70. The van der Waals surface area contributed by atoms with Crippen molar-refractivity contribution in [3.8, 4) is 40.1 Å². The number of methoxy groups -OCH3 is 2. The lowest BCUT2D eigenvalue weighted by Gasteiger charge is -2.39. The Morgan fingerprint density at radius 3 is 2.21 bits per heavy atom. The number of fused-ring (bicyclic) bond motifs is 1. The fraction of sp³-hybridized carbons (Fsp3) is 0.348. The Kier molecular flexibility index (Phi) is 6.04. The lowest BCUT2D eigenvalue weighted by atomic mass is 9.90. The number of aliphatic hydroxyl groups excluding tert-OH is 3. The standard InChI is InChI=1S/C23H24O11/c1-8-16(27)18(29)19(30)22(33-8)15-12(26)7-11(25)14-17(28)23(32-3)20(34-21(14)15)9-4-5-13(31-2)10(24)6-9/h4-8,16,18-19,22,24-27,29-30H,1-3H3/t8-,16-,18+,19-,22-/m0/s1. The van der Waals surface area contributed by atoms with E-state index in [1.807, 2.05) is 0 Å². The monoisotopic (exact) mass is 476 g/mol. The highest BCUT2D eigenvalue weighted by Crippen LogP contribution is 2.45. The van der Waals surface area contributed by atoms with Gasteiger partial charge in [0.15, 0.2) is 22.8 Å². The quantitative estimate of drug-likeness (QED) is 0.318. The third-order valence-electron chi connectivity index (χ3n) is 5.90. The van der Waals surface area contributed by atoms with Gasteiger partial charge in [-0.05, 0) is 25.1 Å². The predicted octanol–water partition coefficient (Wildman–Crippen LogP) is 1.14. The van der Waals surface area contributed by atoms with Gasteiger partial charge in [0.2, 0.25) is 11.2 Å². The fourth-order valence-corrected chi connectivity index (χ4v) is 4.11. The summed E-state index contributed by atoms with van der Waals surface area (Å²) in [6.45, 7) is 1.46. The highest BCUT2D eigenvalue weighted by Gasteiger charge is 2.45. The van der Waals surface area contributed by atoms with E-state index in [9.17, 15) is 35.4 Å². The number of ether oxygens (including phenoxy) is 3. The maximum Gasteiger partial charge on any atom is 0.239 e. The molecule has 1 aliphatic rings. The molecule has 6 N–H and O–H groups in total. The van der Waals surface area contributed by atoms with Gasteiger partial charge in [0, 0.05) is 11.6 Å². The molecule has 11 nitrogen and oxygen atoms in total. The smallest absolute Gasteiger partial charge is 0.239 e. The van der Waals surface area contributed by atoms with Gasteiger partial charge < -0.3 is 49.3 Å². The van der Waals surface area contributed by atoms with Crippen molar-refractivity contribution in [1.82, 2.24) is 0 Å². The molecule has 1 saturated heterocycles. The zero-order chi connectivity index (χ0) is 24.9. The summed E-state index contributed by atoms with van der Waals surface area (Å²) in [6.07, 6.45) is -7.10. The third-order valence-corrected chi connectivity index (χ3v) is 5.90. The molecule has 3 aromatic rings. The highest BCUT2D eigenvalue weighted by atomic mass is 16.5. The first-order valence-corrected chi connectivity index (χ1v) is 10.3. The molecule has 11 heteroatoms. The molecule has 0 unspecified atom stereocenters. The van der Waals surface area contributed by atoms with Gasteiger partial charge in [0.25, 0.3) is 0 Å². The summed E-state index contributed by atoms with van der Waals surface area (Å²) in [5, 5.41) is 61.8. The second-order valence-electron chi connectivity index (χ2n) is 7.95. The maximum absolute atomic E-state index is 13.3. The summed E-state index contributed by atoms with van der Waals surface area (Å²) in [7, 11) is 2.59. The first kappa shape index (κ1) is 23.6. The van der Waals surface area contributed by atoms with Crippen LogP contribution in [0.25, 0.3) is 22.3 Å². The number of aromatic hydroxyl groups is 3. The predicted molar refractivity (Wildman–Crippen MR) is 117 cm³/mol. The minimum absolute atomic E-state index is 0.150. The molecule has 1 aromatic heterocycles. The van der Waals surface area contributed by atoms with Gasteiger partial charge in [0.1, 0.15) is 41.3 Å². The number of rotatable bonds is 4. The van der Waals surface area contributed by atoms with E-state index in [0.717, 1.165) is 6.07 Å². The molecule has 5 atom stereocenters. The molecule has 4 rings (SSSR count). The molecular weight excluding hydrogens is 452 g/mol. The fourth-order valence-electron chi connectivity index (χ4n) is 4.11. The molecule has 34 heavy (non-hydrogen) atoms. The second-order valence-corrected chi connectivity index (χ2v) is 7.95. The largest absolute Gasteiger partial charge is 0.507 e. The van der Waals surface area contributed by atoms with E-state index in [4.69, 9.17) is 18.6 Å². The van der Waals surface area contributed by atoms with Crippen molar-refractivity contribution in [2.24, 2.45) is 0 Å². The van der Waals surface area contributed by atoms with Gasteiger partial charge in [0.05, 0.1) is 25.9 Å². The number of hydrogen-bond donors (Lipinski definition) is 6. The molecule has 2 heterocycles. The summed E-state index contributed by atoms with van der Waals surface area (Å²) in [4.78, 5) is 13.3. The lowest BCUT2D eigenvalue weighted by Crippen LogP contribution is -2.53. The maximum atomic E-state index is 13.3. The molecule has 0 bridgehead atoms. The van der Waals surface area contributed by atoms with E-state index in [1.165, 1.54) is 39.3 Å². The zero-order valence-corrected chi connectivity index (χ0v) is 18.4. The average Bonchev–Trinajstić information content (AvgIpc) is 2.80. The number of benzene rings is 2. The van der Waals surface area contributed by atoms with Gasteiger partial charge in [-0.25, -0.2) is 0 Å². The van der Waals surface area contributed by atoms with Crippen LogP contribution in [0.2, 0.25) is 0 Å². The van der Waals surface area contributed by atoms with Gasteiger partial charge in [-0.2, -0.15) is 0 Å². The summed E-state index contributed by atoms with van der Waals surface area (Å²) in [5.41, 5.74) is -1.16. The molecule has 1 fully saturated rings. The van der Waals surface area contributed by atoms with Crippen LogP contribution >= 0.6 is 0 Å². The van der Waals surface area contributed by atoms with E-state index < -0.39 is 47.4 Å². The average molecular weight is 476 g/mol. The van der Waals surface area contributed by atoms with Gasteiger partial charge in [-0.1, -0.05) is 0 Å². The zero-order valence-electron chi connectivity index (χ0n) is 18.4. The topological polar surface area (TPSA) is 179 Å². The van der Waals surface area contributed by atoms with Crippen LogP contribution in [0.15, 0.2) is 33.5 Å². The summed E-state index contributed by atoms with van der Waals surface area (Å²) < 4.78 is 21.8. The van der Waals surface area contributed by atoms with Crippen molar-refractivity contribution in [2.45, 2.75) is 37.4 Å². The third kappa shape index (κ3) is 3.59. The number of phenols is 3. The first-order valence-electron chi connectivity index (χ1n) is 10.3. The van der Waals surface area contributed by atoms with E-state index in [1.54, 1.807) is 0 Å². The Hall–Kier alpha value is -3.51. The summed E-state index contributed by atoms with van der Waals surface area (Å²) in [5.74, 6) is -1.73. The minimum Gasteiger partial charge on any atom is -0.507 e. The van der Waals surface area contributed by atoms with Crippen molar-refractivity contribution in [2.75, 3.05) is 14.2 Å². The van der Waals surface area contributed by atoms with Crippen LogP contribution in [0.4, 0.5) is 0 Å². The molecule has 182 valence electrons. The van der Waals surface area contributed by atoms with Gasteiger partial charge in [-0.15, -0.1) is 0 Å². The van der Waals surface area contributed by atoms with Crippen LogP contribution in [-0.4, -0.2) is 69.3 Å². The van der Waals surface area contributed by atoms with E-state index >= 15 is 0 Å². The summed E-state index contributed by atoms with van der Waals surface area (Å²) in [6, 6.07) is 5.07. The van der Waals surface area contributed by atoms with E-state index in [2.05, 4.69) is 0 Å². The second kappa shape index (κ2) is 8.69. The highest BCUT2D eigenvalue weighted by molar-refractivity contribution is 5.91. The number of phenolic OH excluding ortho intramolecular Hbond substituents is 3. The molecule has 0 radical (unpaired) electrons. The van der Waals surface area contributed by atoms with Crippen LogP contribution in [0.1, 0.15) is 18.6 Å². The number of hydrogen-bond acceptors (Lipinski definition) is 11. The molecule has 1 aliphatic heterocycles. The van der Waals surface area contributed by atoms with E-state index in [-0.39, 0.29) is 45.1 Å². The van der Waals surface area contributed by atoms with Gasteiger partial charge >= 0.3 is 0 Å². The summed E-state index contributed by atoms with van der Waals surface area (Å²) >= 11 is 0. The van der Waals surface area contributed by atoms with Crippen molar-refractivity contribution in [3.63, 3.8) is 0 Å². The van der Waals surface area contributed by atoms with Crippen molar-refractivity contribution >= 4 is 11.0 Å². The normalized spacial score (nSPS) is 24.8. The van der Waals surface area contributed by atoms with Crippen LogP contribution in [0.5, 0.6) is 28.7 Å². The van der Waals surface area contributed by atoms with Crippen LogP contribution in [0, 0.1) is 0 Å². The Balaban J connectivity index is 2.04. The first-order chi connectivity index (χ1) is 16.1. The SMILES string of the molecule is COc1ccc(-c2oc3c([C@@H]4O[C@@H](C)[C@H](O)[C@@H](O)[C@@H]4O)c(O)cc(O)c3c(=O)c2OC)cc1O. The molecule has 0 amide bonds. The Bertz CT molecular complexity index is 1300. The molecule has 0 spiro atoms. The molecule has 0 saturated carbocycles. The van der Waals surface area contributed by atoms with Crippen LogP contribution in [-0.2, 0) is 4.74 Å². The van der Waals surface area contributed by atoms with Crippen molar-refractivity contribution in [1.29, 1.82) is 0 Å². The molecular formula is C23H24O11. The molecule has 2 aromatic carbocycles. The Morgan fingerprint density at radius 1 is 0.882 bits per heavy atom. The van der Waals surface area contributed by atoms with Crippen LogP contribution in [0.3, 0.4) is 0 Å². The van der Waals surface area contributed by atoms with Crippen molar-refractivity contribution < 1.29 is 49.3 Å². The molecule has 0 aliphatic carbocycles. The van der Waals surface area contributed by atoms with Crippen LogP contribution < -0.4 is 14.9 Å². The Morgan fingerprint density at radius 2 is 1.59 bits per heavy atom. The van der Waals surface area contributed by atoms with Crippen molar-refractivity contribution in [3.05, 3.63) is 40.1 Å². The number of aliphatic hydroxyl groups is 3.